The molecule has 0 bridgehead atoms. The molecule has 2 fully saturated rings. The van der Waals surface area contributed by atoms with Crippen LogP contribution in [0.1, 0.15) is 36.8 Å². The van der Waals surface area contributed by atoms with Crippen molar-refractivity contribution in [3.8, 4) is 0 Å². The molecule has 6 rings (SSSR count). The molecule has 8 nitrogen and oxygen atoms in total. The smallest absolute Gasteiger partial charge is 0.250 e. The fourth-order valence-electron chi connectivity index (χ4n) is 6.19. The summed E-state index contributed by atoms with van der Waals surface area (Å²) in [4.78, 5) is 32.6. The van der Waals surface area contributed by atoms with Crippen LogP contribution in [0.25, 0.3) is 10.1 Å². The number of thiophene rings is 1. The number of hydrogen-bond donors (Lipinski definition) is 1. The lowest BCUT2D eigenvalue weighted by molar-refractivity contribution is -0.143. The maximum atomic E-state index is 13.4. The van der Waals surface area contributed by atoms with Gasteiger partial charge in [-0.25, -0.2) is 8.42 Å². The number of benzene rings is 2. The van der Waals surface area contributed by atoms with Crippen LogP contribution in [0.15, 0.2) is 52.7 Å². The lowest BCUT2D eigenvalue weighted by Gasteiger charge is -2.36. The van der Waals surface area contributed by atoms with Gasteiger partial charge >= 0.3 is 0 Å². The Morgan fingerprint density at radius 2 is 1.82 bits per heavy atom. The van der Waals surface area contributed by atoms with Crippen LogP contribution < -0.4 is 4.72 Å². The highest BCUT2D eigenvalue weighted by Gasteiger charge is 2.37. The third-order valence-corrected chi connectivity index (χ3v) is 11.5. The summed E-state index contributed by atoms with van der Waals surface area (Å²) in [7, 11) is -3.90. The van der Waals surface area contributed by atoms with Gasteiger partial charge < -0.3 is 9.80 Å². The number of amides is 2. The van der Waals surface area contributed by atoms with Crippen LogP contribution in [0, 0.1) is 0 Å². The van der Waals surface area contributed by atoms with E-state index in [1.54, 1.807) is 24.3 Å². The lowest BCUT2D eigenvalue weighted by Crippen LogP contribution is -2.55. The first-order valence-electron chi connectivity index (χ1n) is 13.9. The minimum Gasteiger partial charge on any atom is -0.337 e. The monoisotopic (exact) mass is 600 g/mol. The second-order valence-corrected chi connectivity index (χ2v) is 14.4. The molecule has 2 atom stereocenters. The molecule has 3 aliphatic rings. The number of sulfonamides is 1. The van der Waals surface area contributed by atoms with Gasteiger partial charge in [-0.3, -0.25) is 14.5 Å². The summed E-state index contributed by atoms with van der Waals surface area (Å²) in [6.07, 6.45) is 3.97. The summed E-state index contributed by atoms with van der Waals surface area (Å²) in [5, 5.41) is 1.28. The molecule has 0 radical (unpaired) electrons. The molecule has 3 aromatic rings. The highest BCUT2D eigenvalue weighted by atomic mass is 35.5. The number of carbonyl (C=O) groups excluding carboxylic acids is 2. The van der Waals surface area contributed by atoms with Crippen LogP contribution in [0.3, 0.4) is 0 Å². The van der Waals surface area contributed by atoms with Crippen molar-refractivity contribution in [1.82, 2.24) is 19.4 Å². The zero-order chi connectivity index (χ0) is 27.9. The van der Waals surface area contributed by atoms with Gasteiger partial charge in [0, 0.05) is 48.5 Å². The standard InChI is InChI=1S/C29H33ClN4O4S2/c30-23-9-10-26-22(15-23)16-28(39-26)40(37,38)31-25-8-4-12-33(29(25)36)19-27(35)34-13-3-7-24(34)18-32-14-11-20-5-1-2-6-21(20)17-32/h1-2,5-6,9-10,15-16,24-25,31H,3-4,7-8,11-14,17-19H2. The molecule has 11 heteroatoms. The molecule has 2 amide bonds. The van der Waals surface area contributed by atoms with E-state index in [4.69, 9.17) is 11.6 Å². The average Bonchev–Trinajstić information content (AvgIpc) is 3.58. The summed E-state index contributed by atoms with van der Waals surface area (Å²) in [6.45, 7) is 3.84. The molecule has 40 heavy (non-hydrogen) atoms. The number of rotatable bonds is 7. The molecule has 212 valence electrons. The van der Waals surface area contributed by atoms with Crippen LogP contribution in [0.4, 0.5) is 0 Å². The lowest BCUT2D eigenvalue weighted by atomic mass is 9.99. The number of halogens is 1. The Hall–Kier alpha value is -2.50. The molecule has 2 aromatic carbocycles. The molecule has 0 spiro atoms. The van der Waals surface area contributed by atoms with E-state index < -0.39 is 16.1 Å². The van der Waals surface area contributed by atoms with Crippen LogP contribution >= 0.6 is 22.9 Å². The molecular formula is C29H33ClN4O4S2. The van der Waals surface area contributed by atoms with Gasteiger partial charge in [-0.2, -0.15) is 4.72 Å². The topological polar surface area (TPSA) is 90.0 Å². The molecule has 0 aliphatic carbocycles. The first-order chi connectivity index (χ1) is 19.3. The molecule has 0 saturated carbocycles. The van der Waals surface area contributed by atoms with Gasteiger partial charge in [-0.1, -0.05) is 35.9 Å². The van der Waals surface area contributed by atoms with Crippen molar-refractivity contribution in [2.45, 2.75) is 54.9 Å². The minimum absolute atomic E-state index is 0.0161. The summed E-state index contributed by atoms with van der Waals surface area (Å²) in [5.41, 5.74) is 2.76. The van der Waals surface area contributed by atoms with E-state index >= 15 is 0 Å². The Balaban J connectivity index is 1.07. The molecule has 3 aliphatic heterocycles. The number of hydrogen-bond acceptors (Lipinski definition) is 6. The average molecular weight is 601 g/mol. The predicted octanol–water partition coefficient (Wildman–Crippen LogP) is 3.87. The second kappa shape index (κ2) is 11.4. The normalized spacial score (nSPS) is 22.2. The van der Waals surface area contributed by atoms with Crippen molar-refractivity contribution in [1.29, 1.82) is 0 Å². The Morgan fingerprint density at radius 3 is 2.67 bits per heavy atom. The first kappa shape index (κ1) is 27.7. The summed E-state index contributed by atoms with van der Waals surface area (Å²) >= 11 is 7.20. The van der Waals surface area contributed by atoms with Crippen LogP contribution in [0.2, 0.25) is 5.02 Å². The van der Waals surface area contributed by atoms with E-state index in [0.717, 1.165) is 60.3 Å². The largest absolute Gasteiger partial charge is 0.337 e. The Bertz CT molecular complexity index is 1540. The quantitative estimate of drug-likeness (QED) is 0.445. The molecule has 2 saturated heterocycles. The Morgan fingerprint density at radius 1 is 1.02 bits per heavy atom. The van der Waals surface area contributed by atoms with Crippen molar-refractivity contribution >= 4 is 54.9 Å². The van der Waals surface area contributed by atoms with Crippen molar-refractivity contribution in [2.75, 3.05) is 32.7 Å². The van der Waals surface area contributed by atoms with Crippen molar-refractivity contribution in [3.05, 3.63) is 64.7 Å². The predicted molar refractivity (Wildman–Crippen MR) is 157 cm³/mol. The van der Waals surface area contributed by atoms with Crippen LogP contribution in [-0.4, -0.2) is 79.7 Å². The molecular weight excluding hydrogens is 568 g/mol. The Kier molecular flexibility index (Phi) is 7.89. The minimum atomic E-state index is -3.90. The van der Waals surface area contributed by atoms with Gasteiger partial charge in [0.05, 0.1) is 6.54 Å². The van der Waals surface area contributed by atoms with Crippen molar-refractivity contribution < 1.29 is 18.0 Å². The summed E-state index contributed by atoms with van der Waals surface area (Å²) in [6, 6.07) is 14.6. The third kappa shape index (κ3) is 5.78. The van der Waals surface area contributed by atoms with E-state index in [2.05, 4.69) is 33.9 Å². The van der Waals surface area contributed by atoms with Gasteiger partial charge in [0.2, 0.25) is 11.8 Å². The summed E-state index contributed by atoms with van der Waals surface area (Å²) < 4.78 is 29.9. The maximum absolute atomic E-state index is 13.4. The number of nitrogens with one attached hydrogen (secondary N) is 1. The number of fused-ring (bicyclic) bond motifs is 2. The first-order valence-corrected chi connectivity index (χ1v) is 16.5. The van der Waals surface area contributed by atoms with E-state index in [0.29, 0.717) is 31.0 Å². The van der Waals surface area contributed by atoms with Gasteiger partial charge in [-0.05, 0) is 72.9 Å². The van der Waals surface area contributed by atoms with E-state index in [1.165, 1.54) is 16.0 Å². The number of likely N-dealkylation sites (tertiary alicyclic amines) is 2. The maximum Gasteiger partial charge on any atom is 0.250 e. The summed E-state index contributed by atoms with van der Waals surface area (Å²) in [5.74, 6) is -0.395. The highest BCUT2D eigenvalue weighted by molar-refractivity contribution is 7.91. The zero-order valence-corrected chi connectivity index (χ0v) is 24.6. The molecule has 1 aromatic heterocycles. The van der Waals surface area contributed by atoms with E-state index in [1.807, 2.05) is 4.90 Å². The van der Waals surface area contributed by atoms with E-state index in [9.17, 15) is 18.0 Å². The van der Waals surface area contributed by atoms with E-state index in [-0.39, 0.29) is 28.6 Å². The SMILES string of the molecule is O=C1C(NS(=O)(=O)c2cc3cc(Cl)ccc3s2)CCCN1CC(=O)N1CCCC1CN1CCc2ccccc2C1. The van der Waals surface area contributed by atoms with Crippen LogP contribution in [-0.2, 0) is 32.6 Å². The molecule has 2 unspecified atom stereocenters. The molecule has 4 heterocycles. The fourth-order valence-corrected chi connectivity index (χ4v) is 8.99. The molecule has 1 N–H and O–H groups in total. The van der Waals surface area contributed by atoms with Crippen molar-refractivity contribution in [3.63, 3.8) is 0 Å². The zero-order valence-electron chi connectivity index (χ0n) is 22.2. The van der Waals surface area contributed by atoms with Gasteiger partial charge in [0.25, 0.3) is 10.0 Å². The van der Waals surface area contributed by atoms with Gasteiger partial charge in [0.15, 0.2) is 0 Å². The fraction of sp³-hybridized carbons (Fsp3) is 0.448. The second-order valence-electron chi connectivity index (χ2n) is 11.0. The number of nitrogens with zero attached hydrogens (tertiary/aromatic N) is 3. The number of piperidine rings is 1. The van der Waals surface area contributed by atoms with Gasteiger partial charge in [-0.15, -0.1) is 11.3 Å². The highest BCUT2D eigenvalue weighted by Crippen LogP contribution is 2.31. The third-order valence-electron chi connectivity index (χ3n) is 8.25. The van der Waals surface area contributed by atoms with Gasteiger partial charge in [0.1, 0.15) is 10.3 Å². The number of carbonyl (C=O) groups is 2. The van der Waals surface area contributed by atoms with Crippen LogP contribution in [0.5, 0.6) is 0 Å². The van der Waals surface area contributed by atoms with Crippen molar-refractivity contribution in [2.24, 2.45) is 0 Å². The Labute approximate surface area is 243 Å².